The Morgan fingerprint density at radius 3 is 2.69 bits per heavy atom. The Bertz CT molecular complexity index is 892. The van der Waals surface area contributed by atoms with Gasteiger partial charge in [-0.15, -0.1) is 0 Å². The van der Waals surface area contributed by atoms with Crippen molar-refractivity contribution in [3.8, 4) is 5.69 Å². The Morgan fingerprint density at radius 2 is 1.96 bits per heavy atom. The summed E-state index contributed by atoms with van der Waals surface area (Å²) >= 11 is 0. The van der Waals surface area contributed by atoms with Crippen LogP contribution in [0.3, 0.4) is 0 Å². The number of aromatic nitrogens is 2. The first-order valence-electron chi connectivity index (χ1n) is 8.36. The lowest BCUT2D eigenvalue weighted by atomic mass is 10.1. The lowest BCUT2D eigenvalue weighted by molar-refractivity contribution is 0.206. The quantitative estimate of drug-likeness (QED) is 0.762. The van der Waals surface area contributed by atoms with Crippen LogP contribution in [0.5, 0.6) is 0 Å². The van der Waals surface area contributed by atoms with Gasteiger partial charge in [0.2, 0.25) is 0 Å². The maximum atomic E-state index is 13.3. The van der Waals surface area contributed by atoms with Crippen LogP contribution in [-0.2, 0) is 13.1 Å². The largest absolute Gasteiger partial charge is 0.334 e. The summed E-state index contributed by atoms with van der Waals surface area (Å²) in [5, 5.41) is 7.17. The number of urea groups is 1. The van der Waals surface area contributed by atoms with Gasteiger partial charge in [0.05, 0.1) is 18.4 Å². The molecule has 0 fully saturated rings. The van der Waals surface area contributed by atoms with Gasteiger partial charge in [0.25, 0.3) is 0 Å². The van der Waals surface area contributed by atoms with E-state index in [0.717, 1.165) is 16.8 Å². The molecular weight excluding hydrogens is 331 g/mol. The molecule has 0 unspecified atom stereocenters. The third kappa shape index (κ3) is 4.27. The van der Waals surface area contributed by atoms with Crippen LogP contribution in [0.4, 0.5) is 9.18 Å². The van der Waals surface area contributed by atoms with Crippen molar-refractivity contribution < 1.29 is 9.18 Å². The highest BCUT2D eigenvalue weighted by Gasteiger charge is 2.11. The van der Waals surface area contributed by atoms with Crippen LogP contribution in [0.25, 0.3) is 5.69 Å². The zero-order valence-corrected chi connectivity index (χ0v) is 14.8. The summed E-state index contributed by atoms with van der Waals surface area (Å²) in [6.07, 6.45) is 3.66. The predicted molar refractivity (Wildman–Crippen MR) is 98.4 cm³/mol. The Morgan fingerprint density at radius 1 is 1.19 bits per heavy atom. The summed E-state index contributed by atoms with van der Waals surface area (Å²) < 4.78 is 15.1. The summed E-state index contributed by atoms with van der Waals surface area (Å²) in [5.41, 5.74) is 3.34. The average Bonchev–Trinajstić information content (AvgIpc) is 3.11. The van der Waals surface area contributed by atoms with Crippen LogP contribution in [0.15, 0.2) is 60.9 Å². The van der Waals surface area contributed by atoms with E-state index in [4.69, 9.17) is 0 Å². The number of amides is 2. The van der Waals surface area contributed by atoms with Crippen LogP contribution in [-0.4, -0.2) is 27.8 Å². The smallest absolute Gasteiger partial charge is 0.317 e. The maximum absolute atomic E-state index is 13.3. The minimum atomic E-state index is -0.243. The summed E-state index contributed by atoms with van der Waals surface area (Å²) in [5.74, 6) is -0.243. The number of aryl methyl sites for hydroxylation is 1. The van der Waals surface area contributed by atoms with Crippen molar-refractivity contribution in [3.63, 3.8) is 0 Å². The van der Waals surface area contributed by atoms with Gasteiger partial charge in [0.15, 0.2) is 0 Å². The van der Waals surface area contributed by atoms with E-state index in [-0.39, 0.29) is 11.8 Å². The third-order valence-corrected chi connectivity index (χ3v) is 4.09. The Labute approximate surface area is 152 Å². The van der Waals surface area contributed by atoms with E-state index in [0.29, 0.717) is 18.7 Å². The Balaban J connectivity index is 1.56. The zero-order chi connectivity index (χ0) is 18.5. The molecule has 3 rings (SSSR count). The van der Waals surface area contributed by atoms with E-state index in [2.05, 4.69) is 10.4 Å². The molecule has 1 heterocycles. The van der Waals surface area contributed by atoms with E-state index in [1.165, 1.54) is 6.07 Å². The van der Waals surface area contributed by atoms with Crippen molar-refractivity contribution in [1.82, 2.24) is 20.0 Å². The third-order valence-electron chi connectivity index (χ3n) is 4.09. The number of carbonyl (C=O) groups excluding carboxylic acids is 1. The number of hydrogen-bond donors (Lipinski definition) is 1. The minimum Gasteiger partial charge on any atom is -0.334 e. The van der Waals surface area contributed by atoms with E-state index in [1.54, 1.807) is 41.9 Å². The molecule has 0 radical (unpaired) electrons. The normalized spacial score (nSPS) is 10.6. The van der Waals surface area contributed by atoms with Gasteiger partial charge >= 0.3 is 6.03 Å². The highest BCUT2D eigenvalue weighted by atomic mass is 19.1. The lowest BCUT2D eigenvalue weighted by Gasteiger charge is -2.17. The fourth-order valence-corrected chi connectivity index (χ4v) is 2.64. The summed E-state index contributed by atoms with van der Waals surface area (Å²) in [6.45, 7) is 2.51. The molecule has 5 nitrogen and oxygen atoms in total. The molecular formula is C20H21FN4O. The molecule has 0 bridgehead atoms. The van der Waals surface area contributed by atoms with Gasteiger partial charge in [0, 0.05) is 25.4 Å². The van der Waals surface area contributed by atoms with Crippen molar-refractivity contribution in [2.75, 3.05) is 7.05 Å². The van der Waals surface area contributed by atoms with Crippen LogP contribution < -0.4 is 5.32 Å². The molecule has 0 aliphatic rings. The highest BCUT2D eigenvalue weighted by molar-refractivity contribution is 5.73. The fourth-order valence-electron chi connectivity index (χ4n) is 2.64. The monoisotopic (exact) mass is 352 g/mol. The molecule has 0 spiro atoms. The number of nitrogens with one attached hydrogen (secondary N) is 1. The molecule has 1 aromatic heterocycles. The molecule has 0 aliphatic carbocycles. The van der Waals surface area contributed by atoms with Gasteiger partial charge in [-0.2, -0.15) is 5.10 Å². The van der Waals surface area contributed by atoms with Crippen molar-refractivity contribution >= 4 is 6.03 Å². The van der Waals surface area contributed by atoms with Gasteiger partial charge < -0.3 is 10.2 Å². The topological polar surface area (TPSA) is 50.2 Å². The van der Waals surface area contributed by atoms with Gasteiger partial charge in [-0.05, 0) is 36.2 Å². The van der Waals surface area contributed by atoms with Crippen LogP contribution in [0, 0.1) is 12.7 Å². The molecule has 2 aromatic carbocycles. The molecule has 6 heteroatoms. The number of hydrogen-bond acceptors (Lipinski definition) is 2. The molecule has 2 amide bonds. The minimum absolute atomic E-state index is 0.195. The van der Waals surface area contributed by atoms with E-state index in [1.807, 2.05) is 36.5 Å². The van der Waals surface area contributed by atoms with Gasteiger partial charge in [0.1, 0.15) is 5.82 Å². The molecule has 26 heavy (non-hydrogen) atoms. The standard InChI is InChI=1S/C20H21FN4O/c1-15-10-16(8-9-19(15)21)11-22-20(26)24(2)13-17-12-23-25(14-17)18-6-4-3-5-7-18/h3-10,12,14H,11,13H2,1-2H3,(H,22,26). The molecule has 0 aliphatic heterocycles. The molecule has 1 N–H and O–H groups in total. The fraction of sp³-hybridized carbons (Fsp3) is 0.200. The van der Waals surface area contributed by atoms with Crippen molar-refractivity contribution in [1.29, 1.82) is 0 Å². The SMILES string of the molecule is Cc1cc(CNC(=O)N(C)Cc2cnn(-c3ccccc3)c2)ccc1F. The zero-order valence-electron chi connectivity index (χ0n) is 14.8. The second-order valence-electron chi connectivity index (χ2n) is 6.23. The van der Waals surface area contributed by atoms with Crippen LogP contribution >= 0.6 is 0 Å². The number of halogens is 1. The lowest BCUT2D eigenvalue weighted by Crippen LogP contribution is -2.36. The average molecular weight is 352 g/mol. The second kappa shape index (κ2) is 7.82. The Kier molecular flexibility index (Phi) is 5.31. The first-order chi connectivity index (χ1) is 12.5. The Hall–Kier alpha value is -3.15. The molecule has 3 aromatic rings. The van der Waals surface area contributed by atoms with E-state index in [9.17, 15) is 9.18 Å². The first kappa shape index (κ1) is 17.7. The molecule has 134 valence electrons. The maximum Gasteiger partial charge on any atom is 0.317 e. The van der Waals surface area contributed by atoms with Crippen molar-refractivity contribution in [3.05, 3.63) is 83.4 Å². The molecule has 0 saturated heterocycles. The van der Waals surface area contributed by atoms with Crippen molar-refractivity contribution in [2.45, 2.75) is 20.0 Å². The number of carbonyl (C=O) groups is 1. The van der Waals surface area contributed by atoms with Gasteiger partial charge in [-0.1, -0.05) is 30.3 Å². The number of para-hydroxylation sites is 1. The summed E-state index contributed by atoms with van der Waals surface area (Å²) in [6, 6.07) is 14.4. The molecule has 0 saturated carbocycles. The summed E-state index contributed by atoms with van der Waals surface area (Å²) in [7, 11) is 1.73. The first-order valence-corrected chi connectivity index (χ1v) is 8.36. The van der Waals surface area contributed by atoms with Gasteiger partial charge in [-0.25, -0.2) is 13.9 Å². The highest BCUT2D eigenvalue weighted by Crippen LogP contribution is 2.11. The van der Waals surface area contributed by atoms with E-state index >= 15 is 0 Å². The van der Waals surface area contributed by atoms with E-state index < -0.39 is 0 Å². The van der Waals surface area contributed by atoms with Crippen molar-refractivity contribution in [2.24, 2.45) is 0 Å². The molecule has 0 atom stereocenters. The summed E-state index contributed by atoms with van der Waals surface area (Å²) in [4.78, 5) is 13.8. The van der Waals surface area contributed by atoms with Crippen LogP contribution in [0.2, 0.25) is 0 Å². The van der Waals surface area contributed by atoms with Gasteiger partial charge in [-0.3, -0.25) is 0 Å². The number of rotatable bonds is 5. The van der Waals surface area contributed by atoms with Crippen LogP contribution in [0.1, 0.15) is 16.7 Å². The second-order valence-corrected chi connectivity index (χ2v) is 6.23. The number of benzene rings is 2. The number of nitrogens with zero attached hydrogens (tertiary/aromatic N) is 3. The predicted octanol–water partition coefficient (Wildman–Crippen LogP) is 3.66.